The van der Waals surface area contributed by atoms with Crippen molar-refractivity contribution in [1.29, 1.82) is 0 Å². The van der Waals surface area contributed by atoms with Gasteiger partial charge in [0.05, 0.1) is 17.5 Å². The maximum Gasteiger partial charge on any atom is 0.208 e. The zero-order chi connectivity index (χ0) is 17.2. The number of benzene rings is 1. The average Bonchev–Trinajstić information content (AvgIpc) is 3.17. The number of aromatic nitrogens is 1. The molecule has 2 aromatic rings. The highest BCUT2D eigenvalue weighted by Crippen LogP contribution is 2.38. The Morgan fingerprint density at radius 1 is 1.25 bits per heavy atom. The van der Waals surface area contributed by atoms with E-state index in [2.05, 4.69) is 10.1 Å². The van der Waals surface area contributed by atoms with E-state index in [4.69, 9.17) is 10.7 Å². The number of hydrogen-bond acceptors (Lipinski definition) is 5. The number of rotatable bonds is 6. The molecule has 0 bridgehead atoms. The van der Waals surface area contributed by atoms with Gasteiger partial charge in [-0.3, -0.25) is 0 Å². The van der Waals surface area contributed by atoms with Crippen molar-refractivity contribution in [3.8, 4) is 11.3 Å². The predicted molar refractivity (Wildman–Crippen MR) is 98.4 cm³/mol. The maximum atomic E-state index is 11.1. The molecule has 130 valence electrons. The summed E-state index contributed by atoms with van der Waals surface area (Å²) in [6.45, 7) is 0.411. The molecule has 0 saturated heterocycles. The highest BCUT2D eigenvalue weighted by Gasteiger charge is 2.34. The number of sulfonamides is 1. The molecule has 3 N–H and O–H groups in total. The van der Waals surface area contributed by atoms with Gasteiger partial charge in [0.25, 0.3) is 0 Å². The van der Waals surface area contributed by atoms with Crippen molar-refractivity contribution in [1.82, 2.24) is 9.71 Å². The van der Waals surface area contributed by atoms with E-state index < -0.39 is 10.0 Å². The van der Waals surface area contributed by atoms with Crippen LogP contribution in [-0.2, 0) is 22.0 Å². The van der Waals surface area contributed by atoms with Crippen LogP contribution in [0, 0.1) is 0 Å². The fraction of sp³-hybridized carbons (Fsp3) is 0.471. The van der Waals surface area contributed by atoms with Crippen LogP contribution in [0.25, 0.3) is 11.3 Å². The van der Waals surface area contributed by atoms with E-state index in [9.17, 15) is 8.42 Å². The van der Waals surface area contributed by atoms with Crippen molar-refractivity contribution in [2.45, 2.75) is 37.6 Å². The third kappa shape index (κ3) is 4.22. The van der Waals surface area contributed by atoms with E-state index in [-0.39, 0.29) is 5.54 Å². The molecule has 24 heavy (non-hydrogen) atoms. The van der Waals surface area contributed by atoms with Gasteiger partial charge in [0.2, 0.25) is 10.0 Å². The lowest BCUT2D eigenvalue weighted by atomic mass is 10.0. The summed E-state index contributed by atoms with van der Waals surface area (Å²) in [5, 5.41) is 3.11. The fourth-order valence-electron chi connectivity index (χ4n) is 3.08. The van der Waals surface area contributed by atoms with E-state index in [1.54, 1.807) is 11.3 Å². The van der Waals surface area contributed by atoms with Crippen molar-refractivity contribution < 1.29 is 8.42 Å². The summed E-state index contributed by atoms with van der Waals surface area (Å²) in [4.78, 5) is 4.76. The second-order valence-corrected chi connectivity index (χ2v) is 9.21. The molecule has 0 atom stereocenters. The Morgan fingerprint density at radius 2 is 1.92 bits per heavy atom. The van der Waals surface area contributed by atoms with E-state index in [1.165, 1.54) is 19.1 Å². The van der Waals surface area contributed by atoms with Crippen LogP contribution in [0.15, 0.2) is 29.6 Å². The summed E-state index contributed by atoms with van der Waals surface area (Å²) in [6, 6.07) is 8.11. The molecule has 1 heterocycles. The highest BCUT2D eigenvalue weighted by atomic mass is 32.2. The average molecular weight is 366 g/mol. The fourth-order valence-corrected chi connectivity index (χ4v) is 4.55. The van der Waals surface area contributed by atoms with Crippen molar-refractivity contribution in [3.63, 3.8) is 0 Å². The van der Waals surface area contributed by atoms with E-state index in [0.717, 1.165) is 34.7 Å². The normalized spacial score (nSPS) is 17.2. The van der Waals surface area contributed by atoms with Crippen LogP contribution in [0.3, 0.4) is 0 Å². The number of nitrogens with one attached hydrogen (secondary N) is 1. The first-order valence-corrected chi connectivity index (χ1v) is 10.9. The number of thiazole rings is 1. The minimum atomic E-state index is -3.13. The summed E-state index contributed by atoms with van der Waals surface area (Å²) in [5.41, 5.74) is 9.37. The number of nitrogens with zero attached hydrogens (tertiary/aromatic N) is 1. The SMILES string of the molecule is CS(=O)(=O)NCCc1ccc(-c2csc(C3(N)CCCC3)n2)cc1. The van der Waals surface area contributed by atoms with Gasteiger partial charge in [-0.25, -0.2) is 18.1 Å². The van der Waals surface area contributed by atoms with Crippen LogP contribution in [-0.4, -0.2) is 26.2 Å². The van der Waals surface area contributed by atoms with E-state index in [0.29, 0.717) is 13.0 Å². The summed E-state index contributed by atoms with van der Waals surface area (Å²) < 4.78 is 24.6. The van der Waals surface area contributed by atoms with Gasteiger partial charge in [-0.1, -0.05) is 37.1 Å². The molecule has 1 aromatic carbocycles. The quantitative estimate of drug-likeness (QED) is 0.824. The third-order valence-electron chi connectivity index (χ3n) is 4.45. The van der Waals surface area contributed by atoms with E-state index >= 15 is 0 Å². The van der Waals surface area contributed by atoms with Crippen LogP contribution in [0.2, 0.25) is 0 Å². The molecule has 1 saturated carbocycles. The molecule has 5 nitrogen and oxygen atoms in total. The first-order valence-electron chi connectivity index (χ1n) is 8.15. The van der Waals surface area contributed by atoms with Gasteiger partial charge in [0.1, 0.15) is 5.01 Å². The summed E-state index contributed by atoms with van der Waals surface area (Å²) in [7, 11) is -3.13. The van der Waals surface area contributed by atoms with Crippen LogP contribution in [0.5, 0.6) is 0 Å². The van der Waals surface area contributed by atoms with Gasteiger partial charge in [0, 0.05) is 17.5 Å². The molecular formula is C17H23N3O2S2. The van der Waals surface area contributed by atoms with Gasteiger partial charge in [-0.05, 0) is 24.8 Å². The topological polar surface area (TPSA) is 85.1 Å². The molecule has 0 radical (unpaired) electrons. The molecule has 0 spiro atoms. The standard InChI is InChI=1S/C17H23N3O2S2/c1-24(21,22)19-11-8-13-4-6-14(7-5-13)15-12-23-16(20-15)17(18)9-2-3-10-17/h4-7,12,19H,2-3,8-11,18H2,1H3. The predicted octanol–water partition coefficient (Wildman–Crippen LogP) is 2.63. The molecule has 1 aliphatic rings. The maximum absolute atomic E-state index is 11.1. The molecule has 0 unspecified atom stereocenters. The monoisotopic (exact) mass is 365 g/mol. The molecule has 1 aromatic heterocycles. The first kappa shape index (κ1) is 17.5. The molecule has 3 rings (SSSR count). The molecule has 1 fully saturated rings. The molecule has 7 heteroatoms. The Morgan fingerprint density at radius 3 is 2.54 bits per heavy atom. The summed E-state index contributed by atoms with van der Waals surface area (Å²) >= 11 is 1.65. The zero-order valence-corrected chi connectivity index (χ0v) is 15.4. The Kier molecular flexibility index (Phi) is 5.05. The molecule has 0 aliphatic heterocycles. The minimum Gasteiger partial charge on any atom is -0.319 e. The molecule has 1 aliphatic carbocycles. The van der Waals surface area contributed by atoms with Crippen molar-refractivity contribution in [2.24, 2.45) is 5.73 Å². The smallest absolute Gasteiger partial charge is 0.208 e. The van der Waals surface area contributed by atoms with Gasteiger partial charge < -0.3 is 5.73 Å². The van der Waals surface area contributed by atoms with Gasteiger partial charge in [0.15, 0.2) is 0 Å². The Labute approximate surface area is 147 Å². The van der Waals surface area contributed by atoms with Crippen LogP contribution < -0.4 is 10.5 Å². The summed E-state index contributed by atoms with van der Waals surface area (Å²) in [6.07, 6.45) is 6.24. The van der Waals surface area contributed by atoms with Crippen LogP contribution in [0.1, 0.15) is 36.3 Å². The van der Waals surface area contributed by atoms with Gasteiger partial charge in [-0.15, -0.1) is 11.3 Å². The Bertz CT molecular complexity index is 791. The molecular weight excluding hydrogens is 342 g/mol. The number of hydrogen-bond donors (Lipinski definition) is 2. The lowest BCUT2D eigenvalue weighted by Crippen LogP contribution is -2.32. The summed E-state index contributed by atoms with van der Waals surface area (Å²) in [5.74, 6) is 0. The Hall–Kier alpha value is -1.28. The van der Waals surface area contributed by atoms with Crippen molar-refractivity contribution >= 4 is 21.4 Å². The second kappa shape index (κ2) is 6.92. The lowest BCUT2D eigenvalue weighted by Gasteiger charge is -2.19. The Balaban J connectivity index is 1.66. The van der Waals surface area contributed by atoms with Crippen LogP contribution in [0.4, 0.5) is 0 Å². The van der Waals surface area contributed by atoms with Crippen molar-refractivity contribution in [2.75, 3.05) is 12.8 Å². The third-order valence-corrected chi connectivity index (χ3v) is 6.24. The van der Waals surface area contributed by atoms with Gasteiger partial charge >= 0.3 is 0 Å². The zero-order valence-electron chi connectivity index (χ0n) is 13.8. The van der Waals surface area contributed by atoms with Gasteiger partial charge in [-0.2, -0.15) is 0 Å². The minimum absolute atomic E-state index is 0.236. The van der Waals surface area contributed by atoms with Crippen molar-refractivity contribution in [3.05, 3.63) is 40.2 Å². The lowest BCUT2D eigenvalue weighted by molar-refractivity contribution is 0.459. The highest BCUT2D eigenvalue weighted by molar-refractivity contribution is 7.88. The second-order valence-electron chi connectivity index (χ2n) is 6.51. The number of nitrogens with two attached hydrogens (primary N) is 1. The molecule has 0 amide bonds. The largest absolute Gasteiger partial charge is 0.319 e. The van der Waals surface area contributed by atoms with E-state index in [1.807, 2.05) is 24.3 Å². The first-order chi connectivity index (χ1) is 11.4. The van der Waals surface area contributed by atoms with Crippen LogP contribution >= 0.6 is 11.3 Å².